The molecule has 0 aliphatic carbocycles. The predicted molar refractivity (Wildman–Crippen MR) is 50.3 cm³/mol. The summed E-state index contributed by atoms with van der Waals surface area (Å²) in [7, 11) is 1.49. The average Bonchev–Trinajstić information content (AvgIpc) is 2.01. The largest absolute Gasteiger partial charge is 0.382 e. The Balaban J connectivity index is 3.38. The lowest BCUT2D eigenvalue weighted by atomic mass is 10.2. The lowest BCUT2D eigenvalue weighted by molar-refractivity contribution is -0.384. The number of nitrogens with zero attached hydrogens (tertiary/aromatic N) is 1. The van der Waals surface area contributed by atoms with Crippen LogP contribution in [-0.4, -0.2) is 12.0 Å². The molecule has 0 radical (unpaired) electrons. The van der Waals surface area contributed by atoms with Crippen molar-refractivity contribution in [2.24, 2.45) is 0 Å². The Bertz CT molecular complexity index is 357. The number of benzene rings is 1. The van der Waals surface area contributed by atoms with Crippen molar-refractivity contribution in [3.63, 3.8) is 0 Å². The molecule has 0 heterocycles. The van der Waals surface area contributed by atoms with Crippen molar-refractivity contribution in [3.8, 4) is 0 Å². The maximum Gasteiger partial charge on any atom is 0.306 e. The fraction of sp³-hybridized carbons (Fsp3) is 0.143. The Morgan fingerprint density at radius 3 is 2.69 bits per heavy atom. The zero-order valence-corrected chi connectivity index (χ0v) is 8.26. The Kier molecular flexibility index (Phi) is 2.82. The number of nitrogens with one attached hydrogen (secondary N) is 1. The molecule has 0 atom stereocenters. The first kappa shape index (κ1) is 9.91. The van der Waals surface area contributed by atoms with Crippen LogP contribution in [0.1, 0.15) is 0 Å². The molecule has 0 aliphatic heterocycles. The standard InChI is InChI=1S/C7H6BrFN2O2/c1-10-6-3-4(9)2-5(8)7(6)11(12)13/h2-3,10H,1H3. The van der Waals surface area contributed by atoms with Crippen molar-refractivity contribution in [1.82, 2.24) is 0 Å². The molecule has 0 fully saturated rings. The maximum atomic E-state index is 12.8. The number of nitro benzene ring substituents is 1. The molecule has 0 bridgehead atoms. The molecule has 0 aromatic heterocycles. The maximum absolute atomic E-state index is 12.8. The lowest BCUT2D eigenvalue weighted by Crippen LogP contribution is -1.98. The summed E-state index contributed by atoms with van der Waals surface area (Å²) in [5, 5.41) is 13.1. The molecule has 0 aliphatic rings. The molecule has 1 N–H and O–H groups in total. The third-order valence-corrected chi connectivity index (χ3v) is 2.08. The van der Waals surface area contributed by atoms with E-state index in [2.05, 4.69) is 21.2 Å². The van der Waals surface area contributed by atoms with Gasteiger partial charge in [-0.1, -0.05) is 0 Å². The second-order valence-corrected chi connectivity index (χ2v) is 3.15. The molecule has 6 heteroatoms. The van der Waals surface area contributed by atoms with Gasteiger partial charge in [0.1, 0.15) is 16.0 Å². The number of hydrogen-bond donors (Lipinski definition) is 1. The molecule has 1 rings (SSSR count). The molecule has 0 unspecified atom stereocenters. The molecule has 4 nitrogen and oxygen atoms in total. The summed E-state index contributed by atoms with van der Waals surface area (Å²) >= 11 is 2.92. The highest BCUT2D eigenvalue weighted by atomic mass is 79.9. The summed E-state index contributed by atoms with van der Waals surface area (Å²) in [6.07, 6.45) is 0. The highest BCUT2D eigenvalue weighted by Gasteiger charge is 2.18. The molecular formula is C7H6BrFN2O2. The minimum absolute atomic E-state index is 0.127. The van der Waals surface area contributed by atoms with Crippen molar-refractivity contribution in [1.29, 1.82) is 0 Å². The Morgan fingerprint density at radius 1 is 1.62 bits per heavy atom. The second kappa shape index (κ2) is 3.69. The molecule has 13 heavy (non-hydrogen) atoms. The third-order valence-electron chi connectivity index (χ3n) is 1.48. The van der Waals surface area contributed by atoms with Crippen LogP contribution in [0.2, 0.25) is 0 Å². The van der Waals surface area contributed by atoms with Crippen molar-refractivity contribution in [3.05, 3.63) is 32.5 Å². The normalized spacial score (nSPS) is 9.77. The van der Waals surface area contributed by atoms with E-state index < -0.39 is 10.7 Å². The van der Waals surface area contributed by atoms with Gasteiger partial charge in [-0.25, -0.2) is 4.39 Å². The van der Waals surface area contributed by atoms with Gasteiger partial charge in [0, 0.05) is 13.1 Å². The van der Waals surface area contributed by atoms with Crippen molar-refractivity contribution in [2.45, 2.75) is 0 Å². The average molecular weight is 249 g/mol. The number of halogens is 2. The highest BCUT2D eigenvalue weighted by Crippen LogP contribution is 2.33. The summed E-state index contributed by atoms with van der Waals surface area (Å²) in [5.41, 5.74) is -0.0132. The van der Waals surface area contributed by atoms with Crippen LogP contribution in [0.5, 0.6) is 0 Å². The van der Waals surface area contributed by atoms with E-state index in [0.29, 0.717) is 0 Å². The molecule has 70 valence electrons. The van der Waals surface area contributed by atoms with E-state index in [4.69, 9.17) is 0 Å². The van der Waals surface area contributed by atoms with Crippen LogP contribution in [-0.2, 0) is 0 Å². The first-order valence-corrected chi connectivity index (χ1v) is 4.16. The van der Waals surface area contributed by atoms with Crippen LogP contribution >= 0.6 is 15.9 Å². The number of anilines is 1. The summed E-state index contributed by atoms with van der Waals surface area (Å²) in [5.74, 6) is -0.526. The van der Waals surface area contributed by atoms with Gasteiger partial charge in [0.05, 0.1) is 4.92 Å². The smallest absolute Gasteiger partial charge is 0.306 e. The lowest BCUT2D eigenvalue weighted by Gasteiger charge is -2.03. The van der Waals surface area contributed by atoms with Gasteiger partial charge in [0.25, 0.3) is 0 Å². The van der Waals surface area contributed by atoms with Gasteiger partial charge in [0.2, 0.25) is 0 Å². The number of nitro groups is 1. The van der Waals surface area contributed by atoms with E-state index in [1.165, 1.54) is 7.05 Å². The summed E-state index contributed by atoms with van der Waals surface area (Å²) in [4.78, 5) is 9.95. The predicted octanol–water partition coefficient (Wildman–Crippen LogP) is 2.54. The third kappa shape index (κ3) is 1.95. The fourth-order valence-corrected chi connectivity index (χ4v) is 1.52. The summed E-state index contributed by atoms with van der Waals surface area (Å²) in [6.45, 7) is 0. The van der Waals surface area contributed by atoms with Crippen LogP contribution in [0, 0.1) is 15.9 Å². The van der Waals surface area contributed by atoms with Gasteiger partial charge in [0.15, 0.2) is 0 Å². The van der Waals surface area contributed by atoms with Crippen molar-refractivity contribution < 1.29 is 9.31 Å². The van der Waals surface area contributed by atoms with Crippen LogP contribution in [0.3, 0.4) is 0 Å². The Labute approximate surface area is 82.0 Å². The minimum Gasteiger partial charge on any atom is -0.382 e. The summed E-state index contributed by atoms with van der Waals surface area (Å²) < 4.78 is 12.9. The molecule has 1 aromatic rings. The van der Waals surface area contributed by atoms with E-state index in [0.717, 1.165) is 12.1 Å². The van der Waals surface area contributed by atoms with Gasteiger partial charge in [-0.15, -0.1) is 0 Å². The topological polar surface area (TPSA) is 55.2 Å². The van der Waals surface area contributed by atoms with Crippen LogP contribution in [0.25, 0.3) is 0 Å². The molecular weight excluding hydrogens is 243 g/mol. The van der Waals surface area contributed by atoms with Gasteiger partial charge < -0.3 is 5.32 Å². The van der Waals surface area contributed by atoms with Gasteiger partial charge in [-0.2, -0.15) is 0 Å². The molecule has 0 saturated heterocycles. The zero-order chi connectivity index (χ0) is 10.0. The van der Waals surface area contributed by atoms with Crippen LogP contribution < -0.4 is 5.32 Å². The molecule has 1 aromatic carbocycles. The minimum atomic E-state index is -0.574. The van der Waals surface area contributed by atoms with Gasteiger partial charge in [-0.05, 0) is 22.0 Å². The van der Waals surface area contributed by atoms with E-state index in [9.17, 15) is 14.5 Å². The second-order valence-electron chi connectivity index (χ2n) is 2.29. The van der Waals surface area contributed by atoms with Gasteiger partial charge >= 0.3 is 5.69 Å². The van der Waals surface area contributed by atoms with E-state index in [1.54, 1.807) is 0 Å². The Morgan fingerprint density at radius 2 is 2.23 bits per heavy atom. The molecule has 0 saturated carbocycles. The Hall–Kier alpha value is -1.17. The molecule has 0 spiro atoms. The molecule has 0 amide bonds. The van der Waals surface area contributed by atoms with E-state index in [-0.39, 0.29) is 15.8 Å². The first-order chi connectivity index (χ1) is 6.06. The van der Waals surface area contributed by atoms with E-state index in [1.807, 2.05) is 0 Å². The van der Waals surface area contributed by atoms with Gasteiger partial charge in [-0.3, -0.25) is 10.1 Å². The highest BCUT2D eigenvalue weighted by molar-refractivity contribution is 9.10. The SMILES string of the molecule is CNc1cc(F)cc(Br)c1[N+](=O)[O-]. The quantitative estimate of drug-likeness (QED) is 0.647. The van der Waals surface area contributed by atoms with E-state index >= 15 is 0 Å². The zero-order valence-electron chi connectivity index (χ0n) is 6.67. The fourth-order valence-electron chi connectivity index (χ4n) is 0.942. The monoisotopic (exact) mass is 248 g/mol. The van der Waals surface area contributed by atoms with Crippen LogP contribution in [0.4, 0.5) is 15.8 Å². The summed E-state index contributed by atoms with van der Waals surface area (Å²) in [6, 6.07) is 2.13. The number of hydrogen-bond acceptors (Lipinski definition) is 3. The number of rotatable bonds is 2. The first-order valence-electron chi connectivity index (χ1n) is 3.37. The van der Waals surface area contributed by atoms with Crippen LogP contribution in [0.15, 0.2) is 16.6 Å². The van der Waals surface area contributed by atoms with Crippen molar-refractivity contribution >= 4 is 27.3 Å². The van der Waals surface area contributed by atoms with Crippen molar-refractivity contribution in [2.75, 3.05) is 12.4 Å².